The van der Waals surface area contributed by atoms with Gasteiger partial charge in [0.1, 0.15) is 0 Å². The highest BCUT2D eigenvalue weighted by Gasteiger charge is 2.34. The molecule has 4 heteroatoms. The second-order valence-corrected chi connectivity index (χ2v) is 3.97. The lowest BCUT2D eigenvalue weighted by atomic mass is 10.0. The molecule has 1 amide bonds. The molecule has 2 aliphatic heterocycles. The largest absolute Gasteiger partial charge is 0.361 e. The van der Waals surface area contributed by atoms with E-state index >= 15 is 0 Å². The van der Waals surface area contributed by atoms with Gasteiger partial charge < -0.3 is 4.74 Å². The Hall–Kier alpha value is -1.39. The number of hydroxylamine groups is 2. The summed E-state index contributed by atoms with van der Waals surface area (Å²) in [5.74, 6) is -0.0811. The number of carbonyl (C=O) groups is 1. The minimum atomic E-state index is -0.485. The number of hydrogen-bond donors (Lipinski definition) is 0. The summed E-state index contributed by atoms with van der Waals surface area (Å²) >= 11 is 0. The standard InChI is InChI=1S/C12H13NO3/c14-12-11-10-4-2-1-3-9(10)5-6-13(12)16-8-7-15-11/h1-4,11H,5-8H2. The smallest absolute Gasteiger partial charge is 0.279 e. The van der Waals surface area contributed by atoms with E-state index in [9.17, 15) is 4.79 Å². The van der Waals surface area contributed by atoms with Crippen LogP contribution in [0.1, 0.15) is 17.2 Å². The Balaban J connectivity index is 2.07. The average Bonchev–Trinajstić information content (AvgIpc) is 2.58. The maximum absolute atomic E-state index is 12.1. The predicted molar refractivity (Wildman–Crippen MR) is 56.5 cm³/mol. The van der Waals surface area contributed by atoms with Gasteiger partial charge in [0.25, 0.3) is 5.91 Å². The van der Waals surface area contributed by atoms with Crippen LogP contribution in [-0.2, 0) is 20.8 Å². The summed E-state index contributed by atoms with van der Waals surface area (Å²) in [6.07, 6.45) is 0.336. The van der Waals surface area contributed by atoms with Crippen molar-refractivity contribution in [1.29, 1.82) is 0 Å². The van der Waals surface area contributed by atoms with Crippen LogP contribution in [0.3, 0.4) is 0 Å². The molecule has 1 saturated heterocycles. The Morgan fingerprint density at radius 1 is 1.25 bits per heavy atom. The fraction of sp³-hybridized carbons (Fsp3) is 0.417. The Morgan fingerprint density at radius 3 is 3.06 bits per heavy atom. The van der Waals surface area contributed by atoms with Crippen molar-refractivity contribution in [3.63, 3.8) is 0 Å². The molecule has 1 atom stereocenters. The number of fused-ring (bicyclic) bond motifs is 4. The van der Waals surface area contributed by atoms with Gasteiger partial charge in [-0.3, -0.25) is 9.63 Å². The first-order valence-corrected chi connectivity index (χ1v) is 5.50. The molecule has 2 bridgehead atoms. The molecule has 0 radical (unpaired) electrons. The predicted octanol–water partition coefficient (Wildman–Crippen LogP) is 1.07. The molecule has 1 aromatic rings. The molecule has 0 saturated carbocycles. The SMILES string of the molecule is O=C1C2OCCON1CCc1ccccc12. The van der Waals surface area contributed by atoms with Crippen molar-refractivity contribution in [3.8, 4) is 0 Å². The fourth-order valence-corrected chi connectivity index (χ4v) is 2.22. The topological polar surface area (TPSA) is 38.8 Å². The summed E-state index contributed by atoms with van der Waals surface area (Å²) in [4.78, 5) is 17.4. The highest BCUT2D eigenvalue weighted by Crippen LogP contribution is 2.29. The van der Waals surface area contributed by atoms with Crippen LogP contribution in [0, 0.1) is 0 Å². The molecule has 4 nitrogen and oxygen atoms in total. The van der Waals surface area contributed by atoms with Crippen LogP contribution < -0.4 is 0 Å². The molecule has 2 heterocycles. The number of ether oxygens (including phenoxy) is 1. The van der Waals surface area contributed by atoms with Gasteiger partial charge in [0, 0.05) is 0 Å². The van der Waals surface area contributed by atoms with Crippen molar-refractivity contribution in [2.24, 2.45) is 0 Å². The Morgan fingerprint density at radius 2 is 2.12 bits per heavy atom. The summed E-state index contributed by atoms with van der Waals surface area (Å²) in [6, 6.07) is 7.94. The van der Waals surface area contributed by atoms with Crippen LogP contribution in [0.15, 0.2) is 24.3 Å². The lowest BCUT2D eigenvalue weighted by molar-refractivity contribution is -0.182. The quantitative estimate of drug-likeness (QED) is 0.655. The van der Waals surface area contributed by atoms with E-state index < -0.39 is 6.10 Å². The van der Waals surface area contributed by atoms with Crippen molar-refractivity contribution in [3.05, 3.63) is 35.4 Å². The monoisotopic (exact) mass is 219 g/mol. The molecule has 0 aromatic heterocycles. The summed E-state index contributed by atoms with van der Waals surface area (Å²) < 4.78 is 5.58. The van der Waals surface area contributed by atoms with Gasteiger partial charge in [0.05, 0.1) is 19.8 Å². The molecule has 0 spiro atoms. The number of rotatable bonds is 0. The third-order valence-electron chi connectivity index (χ3n) is 3.01. The van der Waals surface area contributed by atoms with Crippen molar-refractivity contribution in [1.82, 2.24) is 5.06 Å². The van der Waals surface area contributed by atoms with E-state index in [1.165, 1.54) is 10.6 Å². The van der Waals surface area contributed by atoms with Gasteiger partial charge in [-0.25, -0.2) is 5.06 Å². The number of carbonyl (C=O) groups excluding carboxylic acids is 1. The van der Waals surface area contributed by atoms with Gasteiger partial charge in [-0.05, 0) is 17.5 Å². The second-order valence-electron chi connectivity index (χ2n) is 3.97. The fourth-order valence-electron chi connectivity index (χ4n) is 2.22. The minimum Gasteiger partial charge on any atom is -0.361 e. The molecular formula is C12H13NO3. The van der Waals surface area contributed by atoms with Crippen LogP contribution in [0.5, 0.6) is 0 Å². The Kier molecular flexibility index (Phi) is 2.38. The lowest BCUT2D eigenvalue weighted by Gasteiger charge is -2.18. The summed E-state index contributed by atoms with van der Waals surface area (Å²) in [5, 5.41) is 1.44. The first kappa shape index (κ1) is 9.81. The maximum Gasteiger partial charge on any atom is 0.279 e. The highest BCUT2D eigenvalue weighted by molar-refractivity contribution is 5.82. The highest BCUT2D eigenvalue weighted by atomic mass is 16.7. The molecule has 1 unspecified atom stereocenters. The number of amides is 1. The molecule has 1 fully saturated rings. The summed E-state index contributed by atoms with van der Waals surface area (Å²) in [6.45, 7) is 1.52. The van der Waals surface area contributed by atoms with Crippen molar-refractivity contribution >= 4 is 5.91 Å². The molecule has 0 N–H and O–H groups in total. The van der Waals surface area contributed by atoms with Crippen LogP contribution in [0.2, 0.25) is 0 Å². The molecule has 2 aliphatic rings. The summed E-state index contributed by atoms with van der Waals surface area (Å²) in [7, 11) is 0. The van der Waals surface area contributed by atoms with E-state index in [-0.39, 0.29) is 5.91 Å². The van der Waals surface area contributed by atoms with E-state index in [0.29, 0.717) is 19.8 Å². The van der Waals surface area contributed by atoms with Crippen LogP contribution in [0.25, 0.3) is 0 Å². The lowest BCUT2D eigenvalue weighted by Crippen LogP contribution is -2.33. The Labute approximate surface area is 93.7 Å². The van der Waals surface area contributed by atoms with Crippen molar-refractivity contribution in [2.75, 3.05) is 19.8 Å². The maximum atomic E-state index is 12.1. The minimum absolute atomic E-state index is 0.0811. The summed E-state index contributed by atoms with van der Waals surface area (Å²) in [5.41, 5.74) is 2.16. The molecule has 0 aliphatic carbocycles. The van der Waals surface area contributed by atoms with Gasteiger partial charge in [-0.15, -0.1) is 0 Å². The number of nitrogens with zero attached hydrogens (tertiary/aromatic N) is 1. The number of hydrogen-bond acceptors (Lipinski definition) is 3. The zero-order valence-corrected chi connectivity index (χ0v) is 8.89. The number of benzene rings is 1. The van der Waals surface area contributed by atoms with Crippen molar-refractivity contribution in [2.45, 2.75) is 12.5 Å². The third-order valence-corrected chi connectivity index (χ3v) is 3.01. The van der Waals surface area contributed by atoms with Gasteiger partial charge >= 0.3 is 0 Å². The zero-order valence-electron chi connectivity index (χ0n) is 8.89. The normalized spacial score (nSPS) is 24.6. The van der Waals surface area contributed by atoms with E-state index in [1.54, 1.807) is 0 Å². The van der Waals surface area contributed by atoms with Gasteiger partial charge in [0.2, 0.25) is 0 Å². The van der Waals surface area contributed by atoms with Crippen LogP contribution >= 0.6 is 0 Å². The molecule has 1 aromatic carbocycles. The Bertz CT molecular complexity index is 418. The van der Waals surface area contributed by atoms with E-state index in [1.807, 2.05) is 24.3 Å². The molecular weight excluding hydrogens is 206 g/mol. The van der Waals surface area contributed by atoms with Crippen molar-refractivity contribution < 1.29 is 14.4 Å². The zero-order chi connectivity index (χ0) is 11.0. The first-order chi connectivity index (χ1) is 7.86. The molecule has 3 rings (SSSR count). The first-order valence-electron chi connectivity index (χ1n) is 5.50. The van der Waals surface area contributed by atoms with Crippen LogP contribution in [0.4, 0.5) is 0 Å². The molecule has 84 valence electrons. The van der Waals surface area contributed by atoms with Gasteiger partial charge in [-0.2, -0.15) is 0 Å². The average molecular weight is 219 g/mol. The molecule has 16 heavy (non-hydrogen) atoms. The third kappa shape index (κ3) is 1.50. The van der Waals surface area contributed by atoms with Crippen LogP contribution in [-0.4, -0.2) is 30.7 Å². The van der Waals surface area contributed by atoms with Gasteiger partial charge in [0.15, 0.2) is 6.10 Å². The van der Waals surface area contributed by atoms with E-state index in [0.717, 1.165) is 12.0 Å². The van der Waals surface area contributed by atoms with E-state index in [2.05, 4.69) is 0 Å². The van der Waals surface area contributed by atoms with Gasteiger partial charge in [-0.1, -0.05) is 24.3 Å². The van der Waals surface area contributed by atoms with E-state index in [4.69, 9.17) is 9.57 Å². The second kappa shape index (κ2) is 3.88.